The average Bonchev–Trinajstić information content (AvgIpc) is 3.24. The molecule has 0 atom stereocenters. The van der Waals surface area contributed by atoms with Crippen molar-refractivity contribution in [3.63, 3.8) is 0 Å². The van der Waals surface area contributed by atoms with Crippen molar-refractivity contribution >= 4 is 55.4 Å². The zero-order chi connectivity index (χ0) is 50.1. The Hall–Kier alpha value is -4.60. The predicted molar refractivity (Wildman–Crippen MR) is 265 cm³/mol. The molecular formula is C47H68N8O8S4. The minimum absolute atomic E-state index is 0.171. The maximum atomic E-state index is 13.2. The van der Waals surface area contributed by atoms with E-state index in [-0.39, 0.29) is 21.0 Å². The normalized spacial score (nSPS) is 11.4. The summed E-state index contributed by atoms with van der Waals surface area (Å²) in [7, 11) is 3.64. The molecule has 16 nitrogen and oxygen atoms in total. The van der Waals surface area contributed by atoms with Gasteiger partial charge < -0.3 is 18.9 Å². The number of aryl methyl sites for hydroxylation is 5. The zero-order valence-electron chi connectivity index (χ0n) is 40.8. The minimum atomic E-state index is -4.27. The molecule has 0 aliphatic rings. The zero-order valence-corrected chi connectivity index (χ0v) is 44.1. The summed E-state index contributed by atoms with van der Waals surface area (Å²) >= 11 is 3.58. The van der Waals surface area contributed by atoms with Crippen LogP contribution in [0.4, 0.5) is 11.6 Å². The highest BCUT2D eigenvalue weighted by Gasteiger charge is 2.19. The summed E-state index contributed by atoms with van der Waals surface area (Å²) in [6.07, 6.45) is 8.11. The third-order valence-corrected chi connectivity index (χ3v) is 14.7. The molecule has 5 aromatic rings. The van der Waals surface area contributed by atoms with Crippen molar-refractivity contribution in [2.45, 2.75) is 119 Å². The molecule has 0 bridgehead atoms. The van der Waals surface area contributed by atoms with E-state index in [0.717, 1.165) is 102 Å². The predicted octanol–water partition coefficient (Wildman–Crippen LogP) is 6.01. The van der Waals surface area contributed by atoms with Gasteiger partial charge in [-0.25, -0.2) is 30.8 Å². The summed E-state index contributed by atoms with van der Waals surface area (Å²) < 4.78 is 69.8. The molecule has 0 unspecified atom stereocenters. The molecule has 0 saturated carbocycles. The van der Waals surface area contributed by atoms with Crippen LogP contribution in [0.15, 0.2) is 96.4 Å². The number of hydrogen-bond donors (Lipinski definition) is 0. The van der Waals surface area contributed by atoms with Crippen molar-refractivity contribution in [3.05, 3.63) is 116 Å². The molecule has 0 amide bonds. The van der Waals surface area contributed by atoms with Crippen LogP contribution in [0.5, 0.6) is 0 Å². The maximum Gasteiger partial charge on any atom is 0.361 e. The quantitative estimate of drug-likeness (QED) is 0.0289. The largest absolute Gasteiger partial charge is 0.744 e. The minimum Gasteiger partial charge on any atom is -0.744 e. The molecule has 0 N–H and O–H groups in total. The number of hydrogen-bond acceptors (Lipinski definition) is 14. The Morgan fingerprint density at radius 3 is 1.27 bits per heavy atom. The third kappa shape index (κ3) is 18.8. The molecule has 368 valence electrons. The Balaban J connectivity index is 0.000000436. The molecule has 0 fully saturated rings. The summed E-state index contributed by atoms with van der Waals surface area (Å²) in [4.78, 5) is 39.2. The highest BCUT2D eigenvalue weighted by Crippen LogP contribution is 2.20. The lowest BCUT2D eigenvalue weighted by atomic mass is 10.2. The van der Waals surface area contributed by atoms with Gasteiger partial charge in [-0.15, -0.1) is 0 Å². The third-order valence-electron chi connectivity index (χ3n) is 10.8. The van der Waals surface area contributed by atoms with Crippen molar-refractivity contribution < 1.29 is 35.1 Å². The van der Waals surface area contributed by atoms with E-state index < -0.39 is 20.2 Å². The lowest BCUT2D eigenvalue weighted by Crippen LogP contribution is -2.40. The molecule has 3 heterocycles. The molecule has 0 aliphatic heterocycles. The fourth-order valence-electron chi connectivity index (χ4n) is 6.39. The highest BCUT2D eigenvalue weighted by atomic mass is 32.2. The molecule has 67 heavy (non-hydrogen) atoms. The Labute approximate surface area is 406 Å². The van der Waals surface area contributed by atoms with Crippen LogP contribution in [-0.4, -0.2) is 84.7 Å². The van der Waals surface area contributed by atoms with Crippen molar-refractivity contribution in [2.24, 2.45) is 14.1 Å². The second-order valence-electron chi connectivity index (χ2n) is 16.8. The topological polar surface area (TPSA) is 198 Å². The van der Waals surface area contributed by atoms with Gasteiger partial charge >= 0.3 is 16.0 Å². The lowest BCUT2D eigenvalue weighted by molar-refractivity contribution is -0.719. The van der Waals surface area contributed by atoms with Gasteiger partial charge in [0.15, 0.2) is 0 Å². The number of unbranched alkanes of at least 4 members (excludes halogenated alkanes) is 6. The molecule has 20 heteroatoms. The summed E-state index contributed by atoms with van der Waals surface area (Å²) in [6.45, 7) is 10.8. The number of rotatable bonds is 20. The van der Waals surface area contributed by atoms with Crippen molar-refractivity contribution in [1.82, 2.24) is 19.1 Å². The van der Waals surface area contributed by atoms with Gasteiger partial charge in [0.1, 0.15) is 31.6 Å². The molecule has 0 radical (unpaired) electrons. The van der Waals surface area contributed by atoms with Gasteiger partial charge in [0.25, 0.3) is 5.56 Å². The smallest absolute Gasteiger partial charge is 0.361 e. The first-order valence-corrected chi connectivity index (χ1v) is 26.9. The van der Waals surface area contributed by atoms with Crippen LogP contribution in [-0.2, 0) is 47.4 Å². The first-order chi connectivity index (χ1) is 31.4. The summed E-state index contributed by atoms with van der Waals surface area (Å²) in [6, 6.07) is 17.4. The van der Waals surface area contributed by atoms with E-state index in [2.05, 4.69) is 49.2 Å². The Morgan fingerprint density at radius 2 is 0.910 bits per heavy atom. The van der Waals surface area contributed by atoms with Crippen LogP contribution in [0, 0.1) is 34.6 Å². The van der Waals surface area contributed by atoms with Crippen LogP contribution < -0.4 is 30.2 Å². The van der Waals surface area contributed by atoms with E-state index in [0.29, 0.717) is 13.1 Å². The molecule has 0 spiro atoms. The fraction of sp³-hybridized carbons (Fsp3) is 0.489. The fourth-order valence-corrected chi connectivity index (χ4v) is 9.38. The molecule has 5 rings (SSSR count). The Bertz CT molecular complexity index is 2650. The molecule has 0 saturated heterocycles. The summed E-state index contributed by atoms with van der Waals surface area (Å²) in [5, 5.41) is 2.06. The van der Waals surface area contributed by atoms with Crippen molar-refractivity contribution in [3.8, 4) is 0 Å². The van der Waals surface area contributed by atoms with Crippen molar-refractivity contribution in [2.75, 3.05) is 49.5 Å². The van der Waals surface area contributed by atoms with Gasteiger partial charge in [-0.2, -0.15) is 0 Å². The second kappa shape index (κ2) is 26.8. The first-order valence-electron chi connectivity index (χ1n) is 22.1. The SMILES string of the molecule is Cc1cc(=O)n(CCCCCCSc2nc(N(C)C)cc(C)[n+]2C)c(=O)n1CCCCCCSc1nc(N(C)C)cc(C)[n+]1C.Cc1ccc(S(=O)(=O)[O-])cc1.Cc1ccc(S(=O)(=O)[O-])cc1. The van der Waals surface area contributed by atoms with Gasteiger partial charge in [0, 0.05) is 76.7 Å². The molecule has 3 aromatic heterocycles. The van der Waals surface area contributed by atoms with Crippen LogP contribution in [0.1, 0.15) is 79.6 Å². The number of nitrogens with zero attached hydrogens (tertiary/aromatic N) is 8. The van der Waals surface area contributed by atoms with Crippen LogP contribution >= 0.6 is 23.5 Å². The number of anilines is 2. The summed E-state index contributed by atoms with van der Waals surface area (Å²) in [5.41, 5.74) is 4.62. The van der Waals surface area contributed by atoms with Gasteiger partial charge in [0.2, 0.25) is 11.6 Å². The number of aromatic nitrogens is 6. The van der Waals surface area contributed by atoms with E-state index in [1.54, 1.807) is 58.4 Å². The van der Waals surface area contributed by atoms with E-state index in [9.17, 15) is 35.5 Å². The van der Waals surface area contributed by atoms with Crippen molar-refractivity contribution in [1.29, 1.82) is 0 Å². The lowest BCUT2D eigenvalue weighted by Gasteiger charge is -2.13. The van der Waals surface area contributed by atoms with E-state index in [1.807, 2.05) is 58.8 Å². The van der Waals surface area contributed by atoms with Crippen LogP contribution in [0.2, 0.25) is 0 Å². The Morgan fingerprint density at radius 1 is 0.552 bits per heavy atom. The van der Waals surface area contributed by atoms with E-state index in [4.69, 9.17) is 9.97 Å². The maximum absolute atomic E-state index is 13.2. The number of benzene rings is 2. The molecular weight excluding hydrogens is 933 g/mol. The Kier molecular flexibility index (Phi) is 22.7. The monoisotopic (exact) mass is 1000 g/mol. The standard InChI is InChI=1S/C33H54N8O2S2.2C7H8O3S/c1-25-22-28(36(4)5)34-31(38(25)8)44-20-16-12-10-14-18-40-27(3)24-30(42)41(33(40)43)19-15-11-13-17-21-45-32-35-29(37(6)7)23-26(2)39(32)9;2*1-6-2-4-7(5-3-6)11(8,9)10/h22-24H,10-21H2,1-9H3;2*2-5H,1H3,(H,8,9,10)/q+2;;/p-2. The van der Waals surface area contributed by atoms with E-state index in [1.165, 1.54) is 40.2 Å². The van der Waals surface area contributed by atoms with Crippen LogP contribution in [0.3, 0.4) is 0 Å². The molecule has 2 aromatic carbocycles. The van der Waals surface area contributed by atoms with Gasteiger partial charge in [-0.05, 0) is 118 Å². The number of thioether (sulfide) groups is 2. The van der Waals surface area contributed by atoms with Gasteiger partial charge in [-0.3, -0.25) is 13.9 Å². The van der Waals surface area contributed by atoms with Gasteiger partial charge in [0.05, 0.1) is 23.9 Å². The van der Waals surface area contributed by atoms with E-state index >= 15 is 0 Å². The van der Waals surface area contributed by atoms with Crippen LogP contribution in [0.25, 0.3) is 0 Å². The van der Waals surface area contributed by atoms with Gasteiger partial charge in [-0.1, -0.05) is 61.1 Å². The first kappa shape index (κ1) is 56.7. The summed E-state index contributed by atoms with van der Waals surface area (Å²) in [5.74, 6) is 3.96. The molecule has 0 aliphatic carbocycles. The highest BCUT2D eigenvalue weighted by molar-refractivity contribution is 7.99. The second-order valence-corrected chi connectivity index (χ2v) is 21.6. The average molecular weight is 1000 g/mol.